The van der Waals surface area contributed by atoms with Gasteiger partial charge in [0.1, 0.15) is 12.0 Å². The number of pyridine rings is 1. The van der Waals surface area contributed by atoms with Crippen molar-refractivity contribution in [2.24, 2.45) is 0 Å². The van der Waals surface area contributed by atoms with Gasteiger partial charge in [-0.2, -0.15) is 0 Å². The van der Waals surface area contributed by atoms with Gasteiger partial charge < -0.3 is 20.4 Å². The first-order valence-electron chi connectivity index (χ1n) is 5.94. The fourth-order valence-corrected chi connectivity index (χ4v) is 2.03. The quantitative estimate of drug-likeness (QED) is 0.578. The Labute approximate surface area is 113 Å². The Bertz CT molecular complexity index is 796. The molecule has 0 aliphatic rings. The first-order valence-corrected chi connectivity index (χ1v) is 5.94. The van der Waals surface area contributed by atoms with Gasteiger partial charge in [0.2, 0.25) is 6.33 Å². The first-order chi connectivity index (χ1) is 9.63. The smallest absolute Gasteiger partial charge is 0.381 e. The predicted octanol–water partition coefficient (Wildman–Crippen LogP) is 1.97. The van der Waals surface area contributed by atoms with Crippen molar-refractivity contribution in [3.8, 4) is 0 Å². The molecule has 0 amide bonds. The Kier molecular flexibility index (Phi) is 2.79. The summed E-state index contributed by atoms with van der Waals surface area (Å²) in [7, 11) is 0. The second-order valence-corrected chi connectivity index (χ2v) is 4.39. The van der Waals surface area contributed by atoms with E-state index in [1.54, 1.807) is 4.57 Å². The lowest BCUT2D eigenvalue weighted by molar-refractivity contribution is -0.389. The molecule has 0 fully saturated rings. The van der Waals surface area contributed by atoms with Crippen LogP contribution in [0.2, 0.25) is 0 Å². The van der Waals surface area contributed by atoms with Gasteiger partial charge in [-0.15, -0.1) is 0 Å². The zero-order valence-electron chi connectivity index (χ0n) is 10.4. The standard InChI is InChI=1S/C13H11N5O2/c14-13-10(5-9-3-1-2-4-11(9)16-13)6-17-7-12(15-8-17)18(19)20/h1-5,7-8H,6H2,(H2,14,16). The van der Waals surface area contributed by atoms with Crippen LogP contribution in [0.3, 0.4) is 0 Å². The Morgan fingerprint density at radius 2 is 2.15 bits per heavy atom. The fraction of sp³-hybridized carbons (Fsp3) is 0.0769. The van der Waals surface area contributed by atoms with Crippen molar-refractivity contribution in [3.05, 3.63) is 58.5 Å². The maximum absolute atomic E-state index is 10.6. The maximum Gasteiger partial charge on any atom is 0.381 e. The van der Waals surface area contributed by atoms with Crippen LogP contribution in [-0.4, -0.2) is 19.5 Å². The van der Waals surface area contributed by atoms with Crippen LogP contribution in [0.1, 0.15) is 5.56 Å². The summed E-state index contributed by atoms with van der Waals surface area (Å²) in [6, 6.07) is 9.59. The number of fused-ring (bicyclic) bond motifs is 1. The number of nitro groups is 1. The summed E-state index contributed by atoms with van der Waals surface area (Å²) >= 11 is 0. The van der Waals surface area contributed by atoms with Crippen LogP contribution in [0.25, 0.3) is 10.9 Å². The highest BCUT2D eigenvalue weighted by atomic mass is 16.6. The molecule has 2 aromatic heterocycles. The Hall–Kier alpha value is -2.96. The van der Waals surface area contributed by atoms with Gasteiger partial charge in [-0.1, -0.05) is 18.2 Å². The minimum Gasteiger partial charge on any atom is -0.383 e. The van der Waals surface area contributed by atoms with Crippen molar-refractivity contribution in [3.63, 3.8) is 0 Å². The monoisotopic (exact) mass is 269 g/mol. The zero-order chi connectivity index (χ0) is 14.1. The fourth-order valence-electron chi connectivity index (χ4n) is 2.03. The molecule has 2 heterocycles. The highest BCUT2D eigenvalue weighted by molar-refractivity contribution is 5.81. The van der Waals surface area contributed by atoms with E-state index in [1.165, 1.54) is 12.5 Å². The highest BCUT2D eigenvalue weighted by Crippen LogP contribution is 2.19. The summed E-state index contributed by atoms with van der Waals surface area (Å²) in [5, 5.41) is 11.6. The van der Waals surface area contributed by atoms with Gasteiger partial charge >= 0.3 is 5.82 Å². The molecule has 3 aromatic rings. The van der Waals surface area contributed by atoms with E-state index < -0.39 is 4.92 Å². The van der Waals surface area contributed by atoms with Gasteiger partial charge in [0.15, 0.2) is 0 Å². The van der Waals surface area contributed by atoms with Gasteiger partial charge in [0, 0.05) is 10.9 Å². The van der Waals surface area contributed by atoms with E-state index in [1.807, 2.05) is 30.3 Å². The summed E-state index contributed by atoms with van der Waals surface area (Å²) in [5.41, 5.74) is 7.55. The third-order valence-corrected chi connectivity index (χ3v) is 3.00. The topological polar surface area (TPSA) is 99.9 Å². The molecular formula is C13H11N5O2. The van der Waals surface area contributed by atoms with Gasteiger partial charge in [0.05, 0.1) is 12.1 Å². The van der Waals surface area contributed by atoms with E-state index in [-0.39, 0.29) is 5.82 Å². The molecule has 1 aromatic carbocycles. The number of nitrogens with zero attached hydrogens (tertiary/aromatic N) is 4. The summed E-state index contributed by atoms with van der Waals surface area (Å²) in [6.45, 7) is 0.393. The van der Waals surface area contributed by atoms with Crippen LogP contribution < -0.4 is 5.73 Å². The van der Waals surface area contributed by atoms with E-state index >= 15 is 0 Å². The van der Waals surface area contributed by atoms with Crippen molar-refractivity contribution in [1.29, 1.82) is 0 Å². The minimum atomic E-state index is -0.529. The van der Waals surface area contributed by atoms with E-state index in [4.69, 9.17) is 5.73 Å². The van der Waals surface area contributed by atoms with Crippen LogP contribution in [0.5, 0.6) is 0 Å². The number of para-hydroxylation sites is 1. The third kappa shape index (κ3) is 2.16. The van der Waals surface area contributed by atoms with Crippen LogP contribution in [-0.2, 0) is 6.54 Å². The first kappa shape index (κ1) is 12.1. The number of benzene rings is 1. The minimum absolute atomic E-state index is 0.183. The van der Waals surface area contributed by atoms with Crippen molar-refractivity contribution in [2.75, 3.05) is 5.73 Å². The average Bonchev–Trinajstić information content (AvgIpc) is 2.88. The van der Waals surface area contributed by atoms with Gasteiger partial charge in [0.25, 0.3) is 0 Å². The Balaban J connectivity index is 1.97. The number of aromatic nitrogens is 3. The maximum atomic E-state index is 10.6. The van der Waals surface area contributed by atoms with Crippen LogP contribution >= 0.6 is 0 Å². The number of rotatable bonds is 3. The van der Waals surface area contributed by atoms with Gasteiger partial charge in [-0.25, -0.2) is 4.98 Å². The van der Waals surface area contributed by atoms with E-state index in [2.05, 4.69) is 9.97 Å². The van der Waals surface area contributed by atoms with Crippen molar-refractivity contribution in [1.82, 2.24) is 14.5 Å². The number of nitrogens with two attached hydrogens (primary N) is 1. The number of imidazole rings is 1. The summed E-state index contributed by atoms with van der Waals surface area (Å²) < 4.78 is 1.61. The Morgan fingerprint density at radius 3 is 2.90 bits per heavy atom. The van der Waals surface area contributed by atoms with Crippen LogP contribution in [0.15, 0.2) is 42.9 Å². The molecular weight excluding hydrogens is 258 g/mol. The van der Waals surface area contributed by atoms with Crippen molar-refractivity contribution >= 4 is 22.5 Å². The molecule has 100 valence electrons. The van der Waals surface area contributed by atoms with Crippen molar-refractivity contribution in [2.45, 2.75) is 6.54 Å². The molecule has 0 saturated carbocycles. The average molecular weight is 269 g/mol. The third-order valence-electron chi connectivity index (χ3n) is 3.00. The van der Waals surface area contributed by atoms with Gasteiger partial charge in [-0.3, -0.25) is 0 Å². The molecule has 3 rings (SSSR count). The van der Waals surface area contributed by atoms with Crippen LogP contribution in [0, 0.1) is 10.1 Å². The molecule has 0 aliphatic carbocycles. The summed E-state index contributed by atoms with van der Waals surface area (Å²) in [6.07, 6.45) is 2.78. The predicted molar refractivity (Wildman–Crippen MR) is 74.1 cm³/mol. The second-order valence-electron chi connectivity index (χ2n) is 4.39. The highest BCUT2D eigenvalue weighted by Gasteiger charge is 2.11. The number of anilines is 1. The van der Waals surface area contributed by atoms with E-state index in [0.29, 0.717) is 12.4 Å². The number of hydrogen-bond donors (Lipinski definition) is 1. The normalized spacial score (nSPS) is 10.8. The molecule has 0 radical (unpaired) electrons. The lowest BCUT2D eigenvalue weighted by Gasteiger charge is -2.07. The molecule has 0 saturated heterocycles. The largest absolute Gasteiger partial charge is 0.383 e. The number of nitrogen functional groups attached to an aromatic ring is 1. The van der Waals surface area contributed by atoms with E-state index in [0.717, 1.165) is 16.5 Å². The van der Waals surface area contributed by atoms with E-state index in [9.17, 15) is 10.1 Å². The lowest BCUT2D eigenvalue weighted by atomic mass is 10.1. The lowest BCUT2D eigenvalue weighted by Crippen LogP contribution is -2.03. The summed E-state index contributed by atoms with van der Waals surface area (Å²) in [4.78, 5) is 18.1. The molecule has 0 spiro atoms. The molecule has 0 atom stereocenters. The molecule has 20 heavy (non-hydrogen) atoms. The summed E-state index contributed by atoms with van der Waals surface area (Å²) in [5.74, 6) is 0.234. The van der Waals surface area contributed by atoms with Crippen LogP contribution in [0.4, 0.5) is 11.6 Å². The molecule has 0 unspecified atom stereocenters. The number of hydrogen-bond acceptors (Lipinski definition) is 5. The van der Waals surface area contributed by atoms with Gasteiger partial charge in [-0.05, 0) is 22.0 Å². The Morgan fingerprint density at radius 1 is 1.35 bits per heavy atom. The molecule has 7 nitrogen and oxygen atoms in total. The SMILES string of the molecule is Nc1nc2ccccc2cc1Cn1cnc([N+](=O)[O-])c1. The second kappa shape index (κ2) is 4.61. The van der Waals surface area contributed by atoms with Crippen molar-refractivity contribution < 1.29 is 4.92 Å². The molecule has 7 heteroatoms. The molecule has 2 N–H and O–H groups in total. The molecule has 0 aliphatic heterocycles. The zero-order valence-corrected chi connectivity index (χ0v) is 10.4. The molecule has 0 bridgehead atoms.